The average molecular weight is 619 g/mol. The molecule has 1 unspecified atom stereocenters. The molecule has 4 aromatic rings. The van der Waals surface area contributed by atoms with Crippen LogP contribution in [0.5, 0.6) is 0 Å². The maximum atomic E-state index is 11.6. The Bertz CT molecular complexity index is 1480. The lowest BCUT2D eigenvalue weighted by Gasteiger charge is -2.28. The summed E-state index contributed by atoms with van der Waals surface area (Å²) in [5.41, 5.74) is 3.47. The minimum atomic E-state index is -0.810. The quantitative estimate of drug-likeness (QED) is 0.0948. The van der Waals surface area contributed by atoms with Crippen LogP contribution in [0.1, 0.15) is 62.2 Å². The zero-order chi connectivity index (χ0) is 30.4. The number of thiophene rings is 1. The molecule has 224 valence electrons. The number of benzene rings is 3. The highest BCUT2D eigenvalue weighted by atomic mass is 35.5. The van der Waals surface area contributed by atoms with E-state index < -0.39 is 11.9 Å². The zero-order valence-electron chi connectivity index (χ0n) is 23.9. The lowest BCUT2D eigenvalue weighted by atomic mass is 10.1. The Labute approximate surface area is 261 Å². The summed E-state index contributed by atoms with van der Waals surface area (Å²) >= 11 is 8.13. The maximum Gasteiger partial charge on any atom is 0.316 e. The molecule has 1 aromatic heterocycles. The van der Waals surface area contributed by atoms with E-state index in [1.807, 2.05) is 30.3 Å². The number of ether oxygens (including phenoxy) is 1. The van der Waals surface area contributed by atoms with Gasteiger partial charge < -0.3 is 9.84 Å². The number of carbonyl (C=O) groups excluding carboxylic acids is 1. The van der Waals surface area contributed by atoms with Gasteiger partial charge in [-0.15, -0.1) is 16.2 Å². The molecule has 0 radical (unpaired) electrons. The van der Waals surface area contributed by atoms with Crippen molar-refractivity contribution in [3.63, 3.8) is 0 Å². The fourth-order valence-corrected chi connectivity index (χ4v) is 5.97. The molecule has 0 aliphatic carbocycles. The topological polar surface area (TPSA) is 96.3 Å². The number of aryl methyl sites for hydroxylation is 2. The third-order valence-corrected chi connectivity index (χ3v) is 8.45. The summed E-state index contributed by atoms with van der Waals surface area (Å²) < 4.78 is 6.55. The Hall–Kier alpha value is -3.69. The smallest absolute Gasteiger partial charge is 0.316 e. The van der Waals surface area contributed by atoms with Crippen molar-refractivity contribution in [2.45, 2.75) is 51.4 Å². The number of halogens is 1. The largest absolute Gasteiger partial charge is 0.481 e. The van der Waals surface area contributed by atoms with Crippen LogP contribution in [0.4, 0.5) is 0 Å². The van der Waals surface area contributed by atoms with E-state index in [1.165, 1.54) is 10.4 Å². The molecular formula is C34H35ClN2O5S. The molecule has 0 saturated heterocycles. The molecule has 1 N–H and O–H groups in total. The van der Waals surface area contributed by atoms with Crippen molar-refractivity contribution in [1.29, 1.82) is 0 Å². The molecule has 0 aliphatic rings. The van der Waals surface area contributed by atoms with E-state index >= 15 is 0 Å². The minimum absolute atomic E-state index is 0.114. The maximum absolute atomic E-state index is 11.6. The first kappa shape index (κ1) is 32.2. The summed E-state index contributed by atoms with van der Waals surface area (Å²) in [4.78, 5) is 38.0. The number of nitrogens with zero attached hydrogens (tertiary/aromatic N) is 2. The van der Waals surface area contributed by atoms with Crippen molar-refractivity contribution in [3.05, 3.63) is 133 Å². The molecule has 1 amide bonds. The van der Waals surface area contributed by atoms with Gasteiger partial charge in [0.2, 0.25) is 0 Å². The fraction of sp³-hybridized carbons (Fsp3) is 0.294. The van der Waals surface area contributed by atoms with Gasteiger partial charge in [-0.05, 0) is 85.3 Å². The van der Waals surface area contributed by atoms with Crippen molar-refractivity contribution in [1.82, 2.24) is 4.90 Å². The highest BCUT2D eigenvalue weighted by molar-refractivity contribution is 7.11. The molecule has 0 aliphatic heterocycles. The van der Waals surface area contributed by atoms with Crippen LogP contribution in [0.15, 0.2) is 96.2 Å². The summed E-state index contributed by atoms with van der Waals surface area (Å²) in [7, 11) is 0. The molecule has 9 heteroatoms. The van der Waals surface area contributed by atoms with Crippen molar-refractivity contribution >= 4 is 34.8 Å². The van der Waals surface area contributed by atoms with Crippen LogP contribution in [0, 0.1) is 4.91 Å². The van der Waals surface area contributed by atoms with E-state index in [0.717, 1.165) is 28.8 Å². The van der Waals surface area contributed by atoms with Crippen molar-refractivity contribution in [2.75, 3.05) is 13.1 Å². The van der Waals surface area contributed by atoms with Crippen LogP contribution >= 0.6 is 22.9 Å². The molecule has 0 fully saturated rings. The van der Waals surface area contributed by atoms with Gasteiger partial charge >= 0.3 is 11.9 Å². The molecule has 0 spiro atoms. The first-order chi connectivity index (χ1) is 20.9. The number of hydrogen-bond acceptors (Lipinski definition) is 6. The molecule has 1 atom stereocenters. The summed E-state index contributed by atoms with van der Waals surface area (Å²) in [6.07, 6.45) is 3.06. The zero-order valence-corrected chi connectivity index (χ0v) is 25.4. The van der Waals surface area contributed by atoms with Crippen molar-refractivity contribution in [3.8, 4) is 0 Å². The van der Waals surface area contributed by atoms with Crippen LogP contribution in [0.25, 0.3) is 0 Å². The van der Waals surface area contributed by atoms with E-state index in [4.69, 9.17) is 21.4 Å². The second-order valence-corrected chi connectivity index (χ2v) is 12.1. The second kappa shape index (κ2) is 16.8. The number of rotatable bonds is 17. The van der Waals surface area contributed by atoms with Crippen molar-refractivity contribution < 1.29 is 19.4 Å². The number of aliphatic carboxylic acids is 1. The van der Waals surface area contributed by atoms with Gasteiger partial charge in [0.1, 0.15) is 0 Å². The lowest BCUT2D eigenvalue weighted by molar-refractivity contribution is -0.137. The first-order valence-electron chi connectivity index (χ1n) is 14.3. The number of nitroso groups, excluding NO2 is 1. The number of carboxylic acid groups (broad SMARTS) is 1. The number of amides is 1. The normalized spacial score (nSPS) is 11.9. The Kier molecular flexibility index (Phi) is 12.6. The first-order valence-corrected chi connectivity index (χ1v) is 15.5. The Balaban J connectivity index is 1.46. The monoisotopic (exact) mass is 618 g/mol. The van der Waals surface area contributed by atoms with Crippen LogP contribution in [0.3, 0.4) is 0 Å². The van der Waals surface area contributed by atoms with Gasteiger partial charge in [0, 0.05) is 45.0 Å². The Morgan fingerprint density at radius 1 is 0.884 bits per heavy atom. The number of unbranched alkanes of at least 4 members (excludes halogenated alkanes) is 1. The van der Waals surface area contributed by atoms with E-state index in [1.54, 1.807) is 35.6 Å². The van der Waals surface area contributed by atoms with Gasteiger partial charge in [-0.2, -0.15) is 0 Å². The van der Waals surface area contributed by atoms with E-state index in [9.17, 15) is 14.5 Å². The molecule has 4 rings (SSSR count). The van der Waals surface area contributed by atoms with Crippen LogP contribution < -0.4 is 0 Å². The fourth-order valence-electron chi connectivity index (χ4n) is 4.84. The molecule has 3 aromatic carbocycles. The highest BCUT2D eigenvalue weighted by Gasteiger charge is 2.19. The third kappa shape index (κ3) is 10.8. The summed E-state index contributed by atoms with van der Waals surface area (Å²) in [5, 5.41) is 12.2. The Morgan fingerprint density at radius 2 is 1.65 bits per heavy atom. The molecule has 7 nitrogen and oxygen atoms in total. The van der Waals surface area contributed by atoms with Gasteiger partial charge in [-0.25, -0.2) is 0 Å². The van der Waals surface area contributed by atoms with Crippen LogP contribution in [-0.4, -0.2) is 35.0 Å². The second-order valence-electron chi connectivity index (χ2n) is 10.4. The highest BCUT2D eigenvalue weighted by Crippen LogP contribution is 2.27. The standard InChI is InChI=1S/C34H35ClN2O5S/c35-29-10-6-9-28(21-29)32(42-24-31-19-18-30(43-31)17-14-25-7-2-1-3-8-25)23-37(20-5-4-11-33(38)39)22-26-12-15-27(16-13-26)34(40)36-41/h1-3,6-10,12-13,15-16,18-19,21,32H,4-5,11,14,17,20,22-24H2,(H,38,39). The third-order valence-electron chi connectivity index (χ3n) is 7.10. The van der Waals surface area contributed by atoms with Crippen LogP contribution in [0.2, 0.25) is 5.02 Å². The molecule has 0 saturated carbocycles. The minimum Gasteiger partial charge on any atom is -0.481 e. The van der Waals surface area contributed by atoms with Gasteiger partial charge in [0.05, 0.1) is 12.7 Å². The van der Waals surface area contributed by atoms with E-state index in [0.29, 0.717) is 44.1 Å². The predicted molar refractivity (Wildman–Crippen MR) is 170 cm³/mol. The van der Waals surface area contributed by atoms with Gasteiger partial charge in [0.25, 0.3) is 0 Å². The molecular weight excluding hydrogens is 584 g/mol. The van der Waals surface area contributed by atoms with Gasteiger partial charge in [-0.3, -0.25) is 14.5 Å². The average Bonchev–Trinajstić information content (AvgIpc) is 3.48. The van der Waals surface area contributed by atoms with E-state index in [-0.39, 0.29) is 18.1 Å². The van der Waals surface area contributed by atoms with E-state index in [2.05, 4.69) is 46.5 Å². The summed E-state index contributed by atoms with van der Waals surface area (Å²) in [5.74, 6) is -1.61. The van der Waals surface area contributed by atoms with Crippen LogP contribution in [-0.2, 0) is 35.5 Å². The lowest BCUT2D eigenvalue weighted by Crippen LogP contribution is -2.30. The number of carboxylic acids is 1. The predicted octanol–water partition coefficient (Wildman–Crippen LogP) is 8.11. The molecule has 1 heterocycles. The van der Waals surface area contributed by atoms with Gasteiger partial charge in [0.15, 0.2) is 0 Å². The summed E-state index contributed by atoms with van der Waals surface area (Å²) in [6, 6.07) is 29.2. The number of carbonyl (C=O) groups is 2. The number of hydrogen-bond donors (Lipinski definition) is 1. The molecule has 43 heavy (non-hydrogen) atoms. The van der Waals surface area contributed by atoms with Gasteiger partial charge in [-0.1, -0.05) is 66.2 Å². The van der Waals surface area contributed by atoms with Crippen molar-refractivity contribution in [2.24, 2.45) is 5.18 Å². The molecule has 0 bridgehead atoms. The summed E-state index contributed by atoms with van der Waals surface area (Å²) in [6.45, 7) is 2.22. The Morgan fingerprint density at radius 3 is 2.37 bits per heavy atom. The SMILES string of the molecule is O=NC(=O)c1ccc(CN(CCCCC(=O)O)CC(OCc2ccc(CCc3ccccc3)s2)c2cccc(Cl)c2)cc1.